The monoisotopic (exact) mass is 282 g/mol. The predicted octanol–water partition coefficient (Wildman–Crippen LogP) is 3.30. The highest BCUT2D eigenvalue weighted by Crippen LogP contribution is 2.29. The number of aryl methyl sites for hydroxylation is 1. The maximum atomic E-state index is 5.79. The van der Waals surface area contributed by atoms with Crippen molar-refractivity contribution in [1.29, 1.82) is 0 Å². The van der Waals surface area contributed by atoms with Crippen LogP contribution in [0, 0.1) is 12.8 Å². The third-order valence-corrected chi connectivity index (χ3v) is 3.81. The summed E-state index contributed by atoms with van der Waals surface area (Å²) in [5.74, 6) is 0.638. The van der Waals surface area contributed by atoms with Gasteiger partial charge in [0.15, 0.2) is 0 Å². The second kappa shape index (κ2) is 5.19. The van der Waals surface area contributed by atoms with E-state index in [-0.39, 0.29) is 0 Å². The Kier molecular flexibility index (Phi) is 3.87. The Hall–Kier alpha value is -0.540. The number of hydrogen-bond donors (Lipinski definition) is 2. The predicted molar refractivity (Wildman–Crippen MR) is 72.7 cm³/mol. The molecule has 1 aromatic carbocycles. The molecule has 0 aromatic heterocycles. The van der Waals surface area contributed by atoms with Gasteiger partial charge in [-0.1, -0.05) is 22.4 Å². The number of rotatable bonds is 3. The van der Waals surface area contributed by atoms with Gasteiger partial charge in [0.2, 0.25) is 0 Å². The summed E-state index contributed by atoms with van der Waals surface area (Å²) in [5, 5.41) is 3.61. The lowest BCUT2D eigenvalue weighted by Crippen LogP contribution is -2.29. The minimum Gasteiger partial charge on any atom is -0.382 e. The molecule has 1 aromatic rings. The van der Waals surface area contributed by atoms with Gasteiger partial charge >= 0.3 is 0 Å². The van der Waals surface area contributed by atoms with Gasteiger partial charge in [0.1, 0.15) is 0 Å². The lowest BCUT2D eigenvalue weighted by molar-refractivity contribution is 0.516. The summed E-state index contributed by atoms with van der Waals surface area (Å²) in [6.45, 7) is 2.91. The summed E-state index contributed by atoms with van der Waals surface area (Å²) in [6, 6.07) is 7.01. The molecule has 1 aliphatic carbocycles. The van der Waals surface area contributed by atoms with Crippen molar-refractivity contribution in [2.24, 2.45) is 11.7 Å². The highest BCUT2D eigenvalue weighted by molar-refractivity contribution is 9.10. The fraction of sp³-hybridized carbons (Fsp3) is 0.538. The summed E-state index contributed by atoms with van der Waals surface area (Å²) in [6.07, 6.45) is 3.81. The van der Waals surface area contributed by atoms with Gasteiger partial charge in [-0.25, -0.2) is 0 Å². The van der Waals surface area contributed by atoms with Crippen molar-refractivity contribution in [2.75, 3.05) is 11.9 Å². The molecule has 2 rings (SSSR count). The molecule has 0 radical (unpaired) electrons. The van der Waals surface area contributed by atoms with E-state index in [0.717, 1.165) is 11.0 Å². The first-order chi connectivity index (χ1) is 7.69. The van der Waals surface area contributed by atoms with E-state index >= 15 is 0 Å². The van der Waals surface area contributed by atoms with E-state index in [2.05, 4.69) is 46.4 Å². The second-order valence-electron chi connectivity index (χ2n) is 4.69. The van der Waals surface area contributed by atoms with Gasteiger partial charge in [0.05, 0.1) is 0 Å². The SMILES string of the molecule is Cc1cc(Br)cc(NC2CCCC2CN)c1. The first kappa shape index (κ1) is 11.9. The molecule has 88 valence electrons. The Morgan fingerprint density at radius 1 is 1.38 bits per heavy atom. The average molecular weight is 283 g/mol. The molecular formula is C13H19BrN2. The molecule has 2 atom stereocenters. The summed E-state index contributed by atoms with van der Waals surface area (Å²) in [7, 11) is 0. The quantitative estimate of drug-likeness (QED) is 0.893. The van der Waals surface area contributed by atoms with Crippen molar-refractivity contribution >= 4 is 21.6 Å². The van der Waals surface area contributed by atoms with Crippen LogP contribution in [0.2, 0.25) is 0 Å². The van der Waals surface area contributed by atoms with Gasteiger partial charge in [0, 0.05) is 16.2 Å². The van der Waals surface area contributed by atoms with Crippen LogP contribution in [0.3, 0.4) is 0 Å². The number of hydrogen-bond acceptors (Lipinski definition) is 2. The fourth-order valence-corrected chi connectivity index (χ4v) is 3.15. The lowest BCUT2D eigenvalue weighted by atomic mass is 10.0. The number of nitrogens with one attached hydrogen (secondary N) is 1. The summed E-state index contributed by atoms with van der Waals surface area (Å²) >= 11 is 3.53. The first-order valence-electron chi connectivity index (χ1n) is 5.93. The molecular weight excluding hydrogens is 264 g/mol. The minimum absolute atomic E-state index is 0.554. The third kappa shape index (κ3) is 2.77. The number of halogens is 1. The van der Waals surface area contributed by atoms with E-state index in [1.54, 1.807) is 0 Å². The highest BCUT2D eigenvalue weighted by atomic mass is 79.9. The Morgan fingerprint density at radius 3 is 2.88 bits per heavy atom. The van der Waals surface area contributed by atoms with Crippen molar-refractivity contribution in [2.45, 2.75) is 32.2 Å². The summed E-state index contributed by atoms with van der Waals surface area (Å²) in [4.78, 5) is 0. The second-order valence-corrected chi connectivity index (χ2v) is 5.61. The van der Waals surface area contributed by atoms with Gasteiger partial charge in [-0.15, -0.1) is 0 Å². The molecule has 0 heterocycles. The number of anilines is 1. The van der Waals surface area contributed by atoms with Crippen LogP contribution in [0.5, 0.6) is 0 Å². The van der Waals surface area contributed by atoms with Crippen LogP contribution < -0.4 is 11.1 Å². The van der Waals surface area contributed by atoms with Gasteiger partial charge in [0.25, 0.3) is 0 Å². The van der Waals surface area contributed by atoms with E-state index in [9.17, 15) is 0 Å². The van der Waals surface area contributed by atoms with Crippen LogP contribution in [-0.2, 0) is 0 Å². The Bertz CT molecular complexity index is 345. The van der Waals surface area contributed by atoms with Crippen LogP contribution in [0.1, 0.15) is 24.8 Å². The van der Waals surface area contributed by atoms with Gasteiger partial charge in [-0.2, -0.15) is 0 Å². The normalized spacial score (nSPS) is 24.7. The number of nitrogens with two attached hydrogens (primary N) is 1. The Balaban J connectivity index is 2.08. The molecule has 1 aliphatic rings. The van der Waals surface area contributed by atoms with E-state index in [0.29, 0.717) is 12.0 Å². The zero-order chi connectivity index (χ0) is 11.5. The van der Waals surface area contributed by atoms with Crippen molar-refractivity contribution < 1.29 is 0 Å². The van der Waals surface area contributed by atoms with Crippen molar-refractivity contribution in [3.05, 3.63) is 28.2 Å². The lowest BCUT2D eigenvalue weighted by Gasteiger charge is -2.21. The molecule has 0 spiro atoms. The van der Waals surface area contributed by atoms with E-state index < -0.39 is 0 Å². The van der Waals surface area contributed by atoms with Crippen LogP contribution in [0.4, 0.5) is 5.69 Å². The van der Waals surface area contributed by atoms with Crippen LogP contribution >= 0.6 is 15.9 Å². The molecule has 0 saturated heterocycles. The molecule has 0 aliphatic heterocycles. The molecule has 0 amide bonds. The van der Waals surface area contributed by atoms with E-state index in [1.165, 1.54) is 30.5 Å². The Labute approximate surface area is 106 Å². The summed E-state index contributed by atoms with van der Waals surface area (Å²) < 4.78 is 1.14. The van der Waals surface area contributed by atoms with Crippen LogP contribution in [0.15, 0.2) is 22.7 Å². The fourth-order valence-electron chi connectivity index (χ4n) is 2.54. The maximum absolute atomic E-state index is 5.79. The van der Waals surface area contributed by atoms with Gasteiger partial charge in [-0.05, 0) is 56.0 Å². The minimum atomic E-state index is 0.554. The topological polar surface area (TPSA) is 38.0 Å². The largest absolute Gasteiger partial charge is 0.382 e. The van der Waals surface area contributed by atoms with E-state index in [1.807, 2.05) is 0 Å². The van der Waals surface area contributed by atoms with Gasteiger partial charge < -0.3 is 11.1 Å². The van der Waals surface area contributed by atoms with Crippen molar-refractivity contribution in [3.63, 3.8) is 0 Å². The molecule has 16 heavy (non-hydrogen) atoms. The molecule has 2 unspecified atom stereocenters. The third-order valence-electron chi connectivity index (χ3n) is 3.36. The average Bonchev–Trinajstić information content (AvgIpc) is 2.63. The smallest absolute Gasteiger partial charge is 0.0356 e. The van der Waals surface area contributed by atoms with Crippen molar-refractivity contribution in [1.82, 2.24) is 0 Å². The molecule has 2 nitrogen and oxygen atoms in total. The molecule has 3 N–H and O–H groups in total. The summed E-state index contributed by atoms with van der Waals surface area (Å²) in [5.41, 5.74) is 8.27. The first-order valence-corrected chi connectivity index (χ1v) is 6.72. The van der Waals surface area contributed by atoms with E-state index in [4.69, 9.17) is 5.73 Å². The zero-order valence-corrected chi connectivity index (χ0v) is 11.3. The molecule has 3 heteroatoms. The molecule has 1 saturated carbocycles. The molecule has 1 fully saturated rings. The number of benzene rings is 1. The Morgan fingerprint density at radius 2 is 2.19 bits per heavy atom. The van der Waals surface area contributed by atoms with Gasteiger partial charge in [-0.3, -0.25) is 0 Å². The molecule has 0 bridgehead atoms. The zero-order valence-electron chi connectivity index (χ0n) is 9.67. The van der Waals surface area contributed by atoms with Crippen molar-refractivity contribution in [3.8, 4) is 0 Å². The standard InChI is InChI=1S/C13H19BrN2/c1-9-5-11(14)7-12(6-9)16-13-4-2-3-10(13)8-15/h5-7,10,13,16H,2-4,8,15H2,1H3. The highest BCUT2D eigenvalue weighted by Gasteiger charge is 2.25. The van der Waals surface area contributed by atoms with Crippen LogP contribution in [0.25, 0.3) is 0 Å². The van der Waals surface area contributed by atoms with Crippen LogP contribution in [-0.4, -0.2) is 12.6 Å². The maximum Gasteiger partial charge on any atom is 0.0356 e.